The van der Waals surface area contributed by atoms with Gasteiger partial charge in [-0.25, -0.2) is 9.97 Å². The van der Waals surface area contributed by atoms with Crippen LogP contribution < -0.4 is 11.1 Å². The van der Waals surface area contributed by atoms with Gasteiger partial charge in [-0.1, -0.05) is 0 Å². The van der Waals surface area contributed by atoms with Crippen molar-refractivity contribution in [1.29, 1.82) is 0 Å². The maximum atomic E-state index is 11.8. The monoisotopic (exact) mass is 235 g/mol. The fraction of sp³-hybridized carbons (Fsp3) is 0.400. The number of nitrogens with zero attached hydrogens (tertiary/aromatic N) is 3. The maximum absolute atomic E-state index is 11.8. The lowest BCUT2D eigenvalue weighted by molar-refractivity contribution is -0.146. The van der Waals surface area contributed by atoms with Gasteiger partial charge in [0, 0.05) is 13.5 Å². The number of hydrogen-bond donors (Lipinski definition) is 2. The normalized spacial score (nSPS) is 20.5. The molecule has 1 aliphatic heterocycles. The summed E-state index contributed by atoms with van der Waals surface area (Å²) < 4.78 is 0. The van der Waals surface area contributed by atoms with E-state index in [-0.39, 0.29) is 11.8 Å². The lowest BCUT2D eigenvalue weighted by Gasteiger charge is -2.28. The van der Waals surface area contributed by atoms with Crippen molar-refractivity contribution in [2.75, 3.05) is 18.1 Å². The Hall–Kier alpha value is -2.18. The van der Waals surface area contributed by atoms with E-state index in [1.165, 1.54) is 19.4 Å². The van der Waals surface area contributed by atoms with Gasteiger partial charge in [0.15, 0.2) is 0 Å². The van der Waals surface area contributed by atoms with Crippen molar-refractivity contribution in [3.63, 3.8) is 0 Å². The van der Waals surface area contributed by atoms with E-state index in [4.69, 9.17) is 5.73 Å². The molecule has 0 bridgehead atoms. The highest BCUT2D eigenvalue weighted by Crippen LogP contribution is 2.15. The van der Waals surface area contributed by atoms with Crippen LogP contribution in [-0.4, -0.2) is 39.8 Å². The average molecular weight is 235 g/mol. The fourth-order valence-corrected chi connectivity index (χ4v) is 1.64. The molecule has 0 saturated carbocycles. The van der Waals surface area contributed by atoms with Crippen LogP contribution in [0.5, 0.6) is 0 Å². The fourth-order valence-electron chi connectivity index (χ4n) is 1.64. The molecule has 1 aromatic heterocycles. The highest BCUT2D eigenvalue weighted by atomic mass is 16.2. The minimum absolute atomic E-state index is 0.156. The Morgan fingerprint density at radius 2 is 2.18 bits per heavy atom. The Bertz CT molecular complexity index is 445. The van der Waals surface area contributed by atoms with Crippen LogP contribution in [0.15, 0.2) is 12.4 Å². The molecule has 2 rings (SSSR count). The Labute approximate surface area is 98.0 Å². The number of nitrogens with two attached hydrogens (primary N) is 1. The molecule has 7 heteroatoms. The number of likely N-dealkylation sites (N-methyl/N-ethyl adjacent to an activating group) is 1. The maximum Gasteiger partial charge on any atom is 0.251 e. The average Bonchev–Trinajstić information content (AvgIpc) is 2.33. The van der Waals surface area contributed by atoms with Crippen LogP contribution in [0.2, 0.25) is 0 Å². The van der Waals surface area contributed by atoms with Gasteiger partial charge in [-0.3, -0.25) is 14.5 Å². The summed E-state index contributed by atoms with van der Waals surface area (Å²) in [6.07, 6.45) is 3.68. The van der Waals surface area contributed by atoms with Gasteiger partial charge in [-0.05, 0) is 6.42 Å². The van der Waals surface area contributed by atoms with Crippen LogP contribution in [0.3, 0.4) is 0 Å². The molecule has 17 heavy (non-hydrogen) atoms. The molecule has 0 aromatic carbocycles. The van der Waals surface area contributed by atoms with Gasteiger partial charge in [0.05, 0.1) is 12.4 Å². The van der Waals surface area contributed by atoms with E-state index >= 15 is 0 Å². The van der Waals surface area contributed by atoms with Crippen molar-refractivity contribution in [2.24, 2.45) is 0 Å². The van der Waals surface area contributed by atoms with Crippen molar-refractivity contribution in [2.45, 2.75) is 18.9 Å². The summed E-state index contributed by atoms with van der Waals surface area (Å²) in [4.78, 5) is 32.0. The molecule has 1 unspecified atom stereocenters. The van der Waals surface area contributed by atoms with Gasteiger partial charge in [-0.2, -0.15) is 0 Å². The third-order valence-corrected chi connectivity index (χ3v) is 2.64. The first-order valence-electron chi connectivity index (χ1n) is 5.22. The highest BCUT2D eigenvalue weighted by molar-refractivity contribution is 6.01. The van der Waals surface area contributed by atoms with Gasteiger partial charge in [0.2, 0.25) is 5.91 Å². The second-order valence-electron chi connectivity index (χ2n) is 3.85. The zero-order valence-electron chi connectivity index (χ0n) is 9.38. The Kier molecular flexibility index (Phi) is 2.90. The van der Waals surface area contributed by atoms with Crippen LogP contribution in [0.4, 0.5) is 11.6 Å². The largest absolute Gasteiger partial charge is 0.382 e. The number of nitrogen functional groups attached to an aromatic ring is 1. The minimum atomic E-state index is -0.435. The number of aromatic nitrogens is 2. The number of nitrogens with one attached hydrogen (secondary N) is 1. The van der Waals surface area contributed by atoms with E-state index in [2.05, 4.69) is 15.3 Å². The molecular formula is C10H13N5O2. The SMILES string of the molecule is CN1C(=O)CCC(Nc2cnc(N)cn2)C1=O. The van der Waals surface area contributed by atoms with Crippen molar-refractivity contribution in [3.05, 3.63) is 12.4 Å². The van der Waals surface area contributed by atoms with Gasteiger partial charge < -0.3 is 11.1 Å². The van der Waals surface area contributed by atoms with Crippen molar-refractivity contribution < 1.29 is 9.59 Å². The first-order valence-corrected chi connectivity index (χ1v) is 5.22. The van der Waals surface area contributed by atoms with E-state index in [0.717, 1.165) is 4.90 Å². The molecule has 1 fully saturated rings. The molecule has 7 nitrogen and oxygen atoms in total. The highest BCUT2D eigenvalue weighted by Gasteiger charge is 2.31. The summed E-state index contributed by atoms with van der Waals surface area (Å²) in [5.74, 6) is 0.384. The van der Waals surface area contributed by atoms with Gasteiger partial charge in [0.1, 0.15) is 17.7 Å². The Balaban J connectivity index is 2.06. The molecule has 1 saturated heterocycles. The zero-order chi connectivity index (χ0) is 12.4. The first kappa shape index (κ1) is 11.3. The number of imide groups is 1. The van der Waals surface area contributed by atoms with Crippen molar-refractivity contribution >= 4 is 23.5 Å². The van der Waals surface area contributed by atoms with E-state index < -0.39 is 6.04 Å². The number of anilines is 2. The van der Waals surface area contributed by atoms with Gasteiger partial charge >= 0.3 is 0 Å². The number of piperidine rings is 1. The molecule has 1 atom stereocenters. The zero-order valence-corrected chi connectivity index (χ0v) is 9.38. The molecule has 3 N–H and O–H groups in total. The Morgan fingerprint density at radius 3 is 2.82 bits per heavy atom. The third-order valence-electron chi connectivity index (χ3n) is 2.64. The number of carbonyl (C=O) groups is 2. The lowest BCUT2D eigenvalue weighted by atomic mass is 10.0. The van der Waals surface area contributed by atoms with Crippen LogP contribution in [0.1, 0.15) is 12.8 Å². The quantitative estimate of drug-likeness (QED) is 0.677. The number of carbonyl (C=O) groups excluding carboxylic acids is 2. The van der Waals surface area contributed by atoms with Crippen LogP contribution in [0.25, 0.3) is 0 Å². The summed E-state index contributed by atoms with van der Waals surface area (Å²) in [6, 6.07) is -0.435. The minimum Gasteiger partial charge on any atom is -0.382 e. The van der Waals surface area contributed by atoms with Crippen molar-refractivity contribution in [3.8, 4) is 0 Å². The van der Waals surface area contributed by atoms with Gasteiger partial charge in [-0.15, -0.1) is 0 Å². The molecule has 1 aromatic rings. The molecular weight excluding hydrogens is 222 g/mol. The molecule has 0 radical (unpaired) electrons. The molecule has 90 valence electrons. The second kappa shape index (κ2) is 4.36. The summed E-state index contributed by atoms with van der Waals surface area (Å²) >= 11 is 0. The number of amides is 2. The molecule has 0 aliphatic carbocycles. The predicted molar refractivity (Wildman–Crippen MR) is 60.9 cm³/mol. The third kappa shape index (κ3) is 2.32. The predicted octanol–water partition coefficient (Wildman–Crippen LogP) is -0.382. The molecule has 2 heterocycles. The Morgan fingerprint density at radius 1 is 1.41 bits per heavy atom. The molecule has 1 aliphatic rings. The number of likely N-dealkylation sites (tertiary alicyclic amines) is 1. The van der Waals surface area contributed by atoms with E-state index in [1.807, 2.05) is 0 Å². The lowest BCUT2D eigenvalue weighted by Crippen LogP contribution is -2.48. The summed E-state index contributed by atoms with van der Waals surface area (Å²) in [6.45, 7) is 0. The van der Waals surface area contributed by atoms with E-state index in [9.17, 15) is 9.59 Å². The van der Waals surface area contributed by atoms with Crippen molar-refractivity contribution in [1.82, 2.24) is 14.9 Å². The molecule has 2 amide bonds. The second-order valence-corrected chi connectivity index (χ2v) is 3.85. The van der Waals surface area contributed by atoms with Crippen LogP contribution in [0, 0.1) is 0 Å². The smallest absolute Gasteiger partial charge is 0.251 e. The van der Waals surface area contributed by atoms with Crippen LogP contribution >= 0.6 is 0 Å². The van der Waals surface area contributed by atoms with Crippen LogP contribution in [-0.2, 0) is 9.59 Å². The van der Waals surface area contributed by atoms with E-state index in [0.29, 0.717) is 24.5 Å². The van der Waals surface area contributed by atoms with E-state index in [1.54, 1.807) is 0 Å². The standard InChI is InChI=1S/C10H13N5O2/c1-15-9(16)3-2-6(10(15)17)14-8-5-12-7(11)4-13-8/h4-6H,2-3H2,1H3,(H2,11,12)(H,13,14). The topological polar surface area (TPSA) is 101 Å². The number of hydrogen-bond acceptors (Lipinski definition) is 6. The summed E-state index contributed by atoms with van der Waals surface area (Å²) in [5, 5.41) is 2.94. The first-order chi connectivity index (χ1) is 8.08. The molecule has 0 spiro atoms. The van der Waals surface area contributed by atoms with Gasteiger partial charge in [0.25, 0.3) is 5.91 Å². The summed E-state index contributed by atoms with van der Waals surface area (Å²) in [7, 11) is 1.48. The summed E-state index contributed by atoms with van der Waals surface area (Å²) in [5.41, 5.74) is 5.41. The number of rotatable bonds is 2.